The molecule has 0 unspecified atom stereocenters. The van der Waals surface area contributed by atoms with Crippen molar-refractivity contribution in [3.63, 3.8) is 0 Å². The molecule has 0 aliphatic heterocycles. The second-order valence-corrected chi connectivity index (χ2v) is 5.10. The van der Waals surface area contributed by atoms with Crippen molar-refractivity contribution in [2.75, 3.05) is 0 Å². The fourth-order valence-corrected chi connectivity index (χ4v) is 2.36. The Bertz CT molecular complexity index is 195. The molecule has 2 nitrogen and oxygen atoms in total. The molecule has 17 heavy (non-hydrogen) atoms. The van der Waals surface area contributed by atoms with E-state index in [9.17, 15) is 4.79 Å². The molecule has 0 amide bonds. The minimum atomic E-state index is -0.0904. The first-order valence-electron chi connectivity index (χ1n) is 7.36. The first-order valence-corrected chi connectivity index (χ1v) is 7.36. The number of hydrogen-bond acceptors (Lipinski definition) is 2. The van der Waals surface area contributed by atoms with Gasteiger partial charge in [0.2, 0.25) is 0 Å². The van der Waals surface area contributed by atoms with Crippen molar-refractivity contribution in [2.45, 2.75) is 83.7 Å². The Morgan fingerprint density at radius 1 is 1.12 bits per heavy atom. The van der Waals surface area contributed by atoms with Crippen LogP contribution in [0.4, 0.5) is 0 Å². The average molecular weight is 239 g/mol. The topological polar surface area (TPSA) is 26.3 Å². The molecule has 0 aromatic rings. The highest BCUT2D eigenvalue weighted by atomic mass is 16.5. The maximum atomic E-state index is 11.5. The van der Waals surface area contributed by atoms with Gasteiger partial charge in [-0.15, -0.1) is 0 Å². The Morgan fingerprint density at radius 3 is 2.53 bits per heavy atom. The number of carbonyl (C=O) groups excluding carboxylic acids is 1. The van der Waals surface area contributed by atoms with E-state index in [0.29, 0.717) is 0 Å². The van der Waals surface area contributed by atoms with Gasteiger partial charge < -0.3 is 4.74 Å². The zero-order valence-electron chi connectivity index (χ0n) is 11.2. The highest BCUT2D eigenvalue weighted by Gasteiger charge is 2.17. The van der Waals surface area contributed by atoms with Gasteiger partial charge in [-0.25, -0.2) is 0 Å². The van der Waals surface area contributed by atoms with Crippen LogP contribution in [0.15, 0.2) is 0 Å². The third-order valence-electron chi connectivity index (χ3n) is 3.45. The van der Waals surface area contributed by atoms with Gasteiger partial charge >= 0.3 is 5.97 Å². The van der Waals surface area contributed by atoms with Crippen LogP contribution in [0.2, 0.25) is 0 Å². The fourth-order valence-electron chi connectivity index (χ4n) is 2.36. The van der Waals surface area contributed by atoms with E-state index >= 15 is 0 Å². The monoisotopic (exact) mass is 239 g/mol. The number of rotatable bonds is 8. The molecule has 0 atom stereocenters. The zero-order chi connectivity index (χ0) is 12.3. The summed E-state index contributed by atoms with van der Waals surface area (Å²) in [5.74, 6) is -0.0904. The molecule has 1 fully saturated rings. The zero-order valence-corrected chi connectivity index (χ0v) is 11.2. The molecule has 1 aliphatic rings. The summed E-state index contributed by atoms with van der Waals surface area (Å²) < 4.78 is 5.42. The van der Waals surface area contributed by atoms with E-state index in [1.165, 1.54) is 44.9 Å². The van der Waals surface area contributed by atoms with Crippen LogP contribution in [0.25, 0.3) is 0 Å². The number of unbranched alkanes of at least 4 members (excludes halogenated alkanes) is 5. The van der Waals surface area contributed by atoms with Gasteiger partial charge in [0, 0.05) is 0 Å². The van der Waals surface area contributed by atoms with Crippen LogP contribution in [0.1, 0.15) is 77.6 Å². The molecular formula is C15H27O2. The minimum absolute atomic E-state index is 0.0904. The SMILES string of the molecule is CCCCCCC[CH]C(=O)OC1CCCCC1. The summed E-state index contributed by atoms with van der Waals surface area (Å²) in [6.07, 6.45) is 14.9. The summed E-state index contributed by atoms with van der Waals surface area (Å²) in [5, 5.41) is 0. The fraction of sp³-hybridized carbons (Fsp3) is 0.867. The lowest BCUT2D eigenvalue weighted by Crippen LogP contribution is -2.20. The van der Waals surface area contributed by atoms with E-state index in [4.69, 9.17) is 4.74 Å². The first-order chi connectivity index (χ1) is 8.33. The Hall–Kier alpha value is -0.530. The molecule has 1 radical (unpaired) electrons. The second-order valence-electron chi connectivity index (χ2n) is 5.10. The third kappa shape index (κ3) is 7.40. The lowest BCUT2D eigenvalue weighted by Gasteiger charge is -2.21. The Labute approximate surface area is 106 Å². The highest BCUT2D eigenvalue weighted by molar-refractivity contribution is 5.78. The largest absolute Gasteiger partial charge is 0.462 e. The Morgan fingerprint density at radius 2 is 1.82 bits per heavy atom. The standard InChI is InChI=1S/C15H27O2/c1-2-3-4-5-6-10-13-15(16)17-14-11-8-7-9-12-14/h13-14H,2-12H2,1H3. The van der Waals surface area contributed by atoms with Crippen molar-refractivity contribution >= 4 is 5.97 Å². The number of ether oxygens (including phenoxy) is 1. The molecule has 0 aromatic carbocycles. The average Bonchev–Trinajstić information content (AvgIpc) is 2.35. The van der Waals surface area contributed by atoms with Gasteiger partial charge in [-0.1, -0.05) is 45.4 Å². The van der Waals surface area contributed by atoms with Gasteiger partial charge in [-0.2, -0.15) is 0 Å². The van der Waals surface area contributed by atoms with Crippen molar-refractivity contribution in [2.24, 2.45) is 0 Å². The molecule has 0 saturated heterocycles. The third-order valence-corrected chi connectivity index (χ3v) is 3.45. The van der Waals surface area contributed by atoms with Crippen LogP contribution in [0.5, 0.6) is 0 Å². The molecule has 99 valence electrons. The van der Waals surface area contributed by atoms with Gasteiger partial charge in [0.1, 0.15) is 6.10 Å². The van der Waals surface area contributed by atoms with E-state index in [1.54, 1.807) is 6.42 Å². The normalized spacial score (nSPS) is 17.0. The molecule has 1 aliphatic carbocycles. The quantitative estimate of drug-likeness (QED) is 0.463. The van der Waals surface area contributed by atoms with Crippen LogP contribution >= 0.6 is 0 Å². The molecule has 1 rings (SSSR count). The molecule has 2 heteroatoms. The molecule has 0 heterocycles. The van der Waals surface area contributed by atoms with E-state index in [1.807, 2.05) is 0 Å². The summed E-state index contributed by atoms with van der Waals surface area (Å²) in [6, 6.07) is 0. The molecule has 0 aromatic heterocycles. The first kappa shape index (κ1) is 14.5. The molecule has 1 saturated carbocycles. The second kappa shape index (κ2) is 9.49. The number of hydrogen-bond donors (Lipinski definition) is 0. The summed E-state index contributed by atoms with van der Waals surface area (Å²) in [7, 11) is 0. The number of carbonyl (C=O) groups is 1. The molecule has 0 bridgehead atoms. The summed E-state index contributed by atoms with van der Waals surface area (Å²) >= 11 is 0. The van der Waals surface area contributed by atoms with E-state index < -0.39 is 0 Å². The predicted octanol–water partition coefficient (Wildman–Crippen LogP) is 4.43. The van der Waals surface area contributed by atoms with Crippen LogP contribution < -0.4 is 0 Å². The minimum Gasteiger partial charge on any atom is -0.462 e. The summed E-state index contributed by atoms with van der Waals surface area (Å²) in [4.78, 5) is 11.5. The van der Waals surface area contributed by atoms with Crippen LogP contribution in [-0.2, 0) is 9.53 Å². The van der Waals surface area contributed by atoms with Crippen molar-refractivity contribution < 1.29 is 9.53 Å². The highest BCUT2D eigenvalue weighted by Crippen LogP contribution is 2.20. The van der Waals surface area contributed by atoms with Crippen molar-refractivity contribution in [1.29, 1.82) is 0 Å². The van der Waals surface area contributed by atoms with Crippen molar-refractivity contribution in [3.05, 3.63) is 6.42 Å². The van der Waals surface area contributed by atoms with Crippen molar-refractivity contribution in [3.8, 4) is 0 Å². The summed E-state index contributed by atoms with van der Waals surface area (Å²) in [6.45, 7) is 2.22. The van der Waals surface area contributed by atoms with Crippen LogP contribution in [0, 0.1) is 6.42 Å². The van der Waals surface area contributed by atoms with Crippen molar-refractivity contribution in [1.82, 2.24) is 0 Å². The van der Waals surface area contributed by atoms with Gasteiger partial charge in [-0.05, 0) is 32.1 Å². The molecule has 0 spiro atoms. The van der Waals surface area contributed by atoms with E-state index in [2.05, 4.69) is 6.92 Å². The molecular weight excluding hydrogens is 212 g/mol. The Balaban J connectivity index is 1.93. The van der Waals surface area contributed by atoms with Crippen LogP contribution in [0.3, 0.4) is 0 Å². The maximum Gasteiger partial charge on any atom is 0.310 e. The Kier molecular flexibility index (Phi) is 8.12. The summed E-state index contributed by atoms with van der Waals surface area (Å²) in [5.41, 5.74) is 0. The lowest BCUT2D eigenvalue weighted by atomic mass is 9.98. The maximum absolute atomic E-state index is 11.5. The lowest BCUT2D eigenvalue weighted by molar-refractivity contribution is -0.146. The molecule has 0 N–H and O–H groups in total. The van der Waals surface area contributed by atoms with Gasteiger partial charge in [0.25, 0.3) is 0 Å². The number of esters is 1. The van der Waals surface area contributed by atoms with Crippen LogP contribution in [-0.4, -0.2) is 12.1 Å². The van der Waals surface area contributed by atoms with Gasteiger partial charge in [0.15, 0.2) is 0 Å². The van der Waals surface area contributed by atoms with Gasteiger partial charge in [-0.3, -0.25) is 4.79 Å². The van der Waals surface area contributed by atoms with E-state index in [0.717, 1.165) is 25.7 Å². The smallest absolute Gasteiger partial charge is 0.310 e. The van der Waals surface area contributed by atoms with E-state index in [-0.39, 0.29) is 12.1 Å². The predicted molar refractivity (Wildman–Crippen MR) is 70.6 cm³/mol. The van der Waals surface area contributed by atoms with Gasteiger partial charge in [0.05, 0.1) is 6.42 Å².